The number of aliphatic hydroxyl groups excluding tert-OH is 1. The van der Waals surface area contributed by atoms with Gasteiger partial charge in [0.1, 0.15) is 12.7 Å². The lowest BCUT2D eigenvalue weighted by Crippen LogP contribution is -2.38. The van der Waals surface area contributed by atoms with Crippen LogP contribution in [-0.2, 0) is 4.74 Å². The third-order valence-electron chi connectivity index (χ3n) is 4.02. The summed E-state index contributed by atoms with van der Waals surface area (Å²) in [5, 5.41) is 13.3. The van der Waals surface area contributed by atoms with E-state index in [0.29, 0.717) is 12.1 Å². The summed E-state index contributed by atoms with van der Waals surface area (Å²) in [4.78, 5) is 14.2. The Hall–Kier alpha value is -1.59. The highest BCUT2D eigenvalue weighted by Gasteiger charge is 2.16. The van der Waals surface area contributed by atoms with E-state index in [9.17, 15) is 9.90 Å². The van der Waals surface area contributed by atoms with Crippen molar-refractivity contribution in [1.29, 1.82) is 0 Å². The molecule has 1 heterocycles. The zero-order chi connectivity index (χ0) is 16.5. The molecular formula is C18H28N2O3. The van der Waals surface area contributed by atoms with Gasteiger partial charge in [-0.05, 0) is 56.6 Å². The van der Waals surface area contributed by atoms with Crippen molar-refractivity contribution in [2.75, 3.05) is 38.1 Å². The molecule has 1 aliphatic rings. The molecule has 2 N–H and O–H groups in total. The summed E-state index contributed by atoms with van der Waals surface area (Å²) < 4.78 is 5.22. The number of hydrogen-bond donors (Lipinski definition) is 2. The van der Waals surface area contributed by atoms with Crippen molar-refractivity contribution in [2.24, 2.45) is 0 Å². The number of benzene rings is 1. The predicted octanol–water partition coefficient (Wildman–Crippen LogP) is 2.51. The third-order valence-corrected chi connectivity index (χ3v) is 4.02. The average molecular weight is 320 g/mol. The molecule has 1 atom stereocenters. The van der Waals surface area contributed by atoms with Crippen molar-refractivity contribution in [3.8, 4) is 0 Å². The molecule has 2 rings (SSSR count). The van der Waals surface area contributed by atoms with E-state index in [1.165, 1.54) is 19.3 Å². The van der Waals surface area contributed by atoms with Gasteiger partial charge in [0.15, 0.2) is 0 Å². The number of anilines is 1. The molecule has 5 heteroatoms. The van der Waals surface area contributed by atoms with E-state index in [-0.39, 0.29) is 12.6 Å². The highest BCUT2D eigenvalue weighted by molar-refractivity contribution is 5.89. The maximum absolute atomic E-state index is 12.0. The zero-order valence-corrected chi connectivity index (χ0v) is 14.0. The Morgan fingerprint density at radius 2 is 1.96 bits per heavy atom. The number of carbonyl (C=O) groups excluding carboxylic acids is 1. The number of hydrogen-bond acceptors (Lipinski definition) is 5. The maximum atomic E-state index is 12.0. The predicted molar refractivity (Wildman–Crippen MR) is 91.8 cm³/mol. The minimum atomic E-state index is -0.623. The van der Waals surface area contributed by atoms with Crippen LogP contribution in [0.15, 0.2) is 24.3 Å². The number of esters is 1. The normalized spacial score (nSPS) is 16.8. The van der Waals surface area contributed by atoms with Crippen molar-refractivity contribution in [2.45, 2.75) is 38.7 Å². The van der Waals surface area contributed by atoms with Crippen LogP contribution in [0.3, 0.4) is 0 Å². The average Bonchev–Trinajstić information content (AvgIpc) is 2.59. The Kier molecular flexibility index (Phi) is 7.36. The number of likely N-dealkylation sites (tertiary alicyclic amines) is 1. The molecule has 1 saturated heterocycles. The molecule has 0 saturated carbocycles. The molecule has 1 unspecified atom stereocenters. The van der Waals surface area contributed by atoms with E-state index < -0.39 is 6.10 Å². The third kappa shape index (κ3) is 6.20. The summed E-state index contributed by atoms with van der Waals surface area (Å²) in [6.07, 6.45) is 4.07. The minimum absolute atomic E-state index is 0.0468. The van der Waals surface area contributed by atoms with Crippen LogP contribution in [0.1, 0.15) is 43.0 Å². The summed E-state index contributed by atoms with van der Waals surface area (Å²) >= 11 is 0. The number of rotatable bonds is 8. The van der Waals surface area contributed by atoms with Crippen LogP contribution in [0.25, 0.3) is 0 Å². The summed E-state index contributed by atoms with van der Waals surface area (Å²) in [6, 6.07) is 7.24. The highest BCUT2D eigenvalue weighted by atomic mass is 16.5. The van der Waals surface area contributed by atoms with Gasteiger partial charge in [0.2, 0.25) is 0 Å². The van der Waals surface area contributed by atoms with Gasteiger partial charge >= 0.3 is 5.97 Å². The molecule has 0 bridgehead atoms. The molecule has 5 nitrogen and oxygen atoms in total. The molecule has 0 aromatic heterocycles. The van der Waals surface area contributed by atoms with E-state index in [2.05, 4.69) is 17.1 Å². The largest absolute Gasteiger partial charge is 0.459 e. The fourth-order valence-corrected chi connectivity index (χ4v) is 2.74. The first kappa shape index (κ1) is 17.8. The van der Waals surface area contributed by atoms with E-state index in [0.717, 1.165) is 31.7 Å². The number of nitrogens with zero attached hydrogens (tertiary/aromatic N) is 1. The van der Waals surface area contributed by atoms with Crippen LogP contribution >= 0.6 is 0 Å². The van der Waals surface area contributed by atoms with E-state index >= 15 is 0 Å². The Morgan fingerprint density at radius 3 is 2.61 bits per heavy atom. The lowest BCUT2D eigenvalue weighted by atomic mass is 10.1. The Balaban J connectivity index is 1.72. The van der Waals surface area contributed by atoms with Gasteiger partial charge in [-0.25, -0.2) is 4.79 Å². The molecule has 23 heavy (non-hydrogen) atoms. The molecule has 1 aromatic rings. The standard InChI is InChI=1S/C18H28N2O3/c1-2-10-19-16-8-6-15(7-9-16)18(22)23-14-17(21)13-20-11-4-3-5-12-20/h6-9,17,19,21H,2-5,10-14H2,1H3. The monoisotopic (exact) mass is 320 g/mol. The number of ether oxygens (including phenoxy) is 1. The lowest BCUT2D eigenvalue weighted by Gasteiger charge is -2.28. The second-order valence-corrected chi connectivity index (χ2v) is 6.12. The van der Waals surface area contributed by atoms with Crippen molar-refractivity contribution in [1.82, 2.24) is 4.90 Å². The van der Waals surface area contributed by atoms with Crippen molar-refractivity contribution >= 4 is 11.7 Å². The van der Waals surface area contributed by atoms with Gasteiger partial charge in [0.25, 0.3) is 0 Å². The number of piperidine rings is 1. The topological polar surface area (TPSA) is 61.8 Å². The lowest BCUT2D eigenvalue weighted by molar-refractivity contribution is 0.0138. The first-order valence-electron chi connectivity index (χ1n) is 8.60. The molecule has 128 valence electrons. The van der Waals surface area contributed by atoms with Gasteiger partial charge in [-0.1, -0.05) is 13.3 Å². The molecular weight excluding hydrogens is 292 g/mol. The molecule has 0 amide bonds. The second-order valence-electron chi connectivity index (χ2n) is 6.12. The van der Waals surface area contributed by atoms with E-state index in [1.807, 2.05) is 12.1 Å². The first-order valence-corrected chi connectivity index (χ1v) is 8.60. The maximum Gasteiger partial charge on any atom is 0.338 e. The zero-order valence-electron chi connectivity index (χ0n) is 14.0. The molecule has 0 spiro atoms. The van der Waals surface area contributed by atoms with E-state index in [4.69, 9.17) is 4.74 Å². The Morgan fingerprint density at radius 1 is 1.26 bits per heavy atom. The highest BCUT2D eigenvalue weighted by Crippen LogP contribution is 2.12. The van der Waals surface area contributed by atoms with Gasteiger partial charge in [-0.2, -0.15) is 0 Å². The minimum Gasteiger partial charge on any atom is -0.459 e. The number of β-amino-alcohol motifs (C(OH)–C–C–N with tert-alkyl or cyclic N) is 1. The SMILES string of the molecule is CCCNc1ccc(C(=O)OCC(O)CN2CCCCC2)cc1. The molecule has 1 fully saturated rings. The van der Waals surface area contributed by atoms with Gasteiger partial charge in [-0.3, -0.25) is 0 Å². The quantitative estimate of drug-likeness (QED) is 0.721. The van der Waals surface area contributed by atoms with Crippen molar-refractivity contribution in [3.63, 3.8) is 0 Å². The van der Waals surface area contributed by atoms with Crippen LogP contribution in [0, 0.1) is 0 Å². The van der Waals surface area contributed by atoms with Crippen LogP contribution in [0.2, 0.25) is 0 Å². The fraction of sp³-hybridized carbons (Fsp3) is 0.611. The van der Waals surface area contributed by atoms with Crippen molar-refractivity contribution in [3.05, 3.63) is 29.8 Å². The summed E-state index contributed by atoms with van der Waals surface area (Å²) in [6.45, 7) is 5.69. The smallest absolute Gasteiger partial charge is 0.338 e. The van der Waals surface area contributed by atoms with Crippen LogP contribution < -0.4 is 5.32 Å². The second kappa shape index (κ2) is 9.53. The van der Waals surface area contributed by atoms with Gasteiger partial charge in [0, 0.05) is 18.8 Å². The molecule has 0 radical (unpaired) electrons. The van der Waals surface area contributed by atoms with Crippen LogP contribution in [0.5, 0.6) is 0 Å². The molecule has 1 aromatic carbocycles. The number of carbonyl (C=O) groups is 1. The number of nitrogens with one attached hydrogen (secondary N) is 1. The van der Waals surface area contributed by atoms with Gasteiger partial charge < -0.3 is 20.1 Å². The van der Waals surface area contributed by atoms with Crippen LogP contribution in [0.4, 0.5) is 5.69 Å². The summed E-state index contributed by atoms with van der Waals surface area (Å²) in [5.41, 5.74) is 1.51. The van der Waals surface area contributed by atoms with Crippen LogP contribution in [-0.4, -0.2) is 54.9 Å². The summed E-state index contributed by atoms with van der Waals surface area (Å²) in [7, 11) is 0. The Bertz CT molecular complexity index is 470. The molecule has 0 aliphatic carbocycles. The Labute approximate surface area is 138 Å². The number of aliphatic hydroxyl groups is 1. The fourth-order valence-electron chi connectivity index (χ4n) is 2.74. The van der Waals surface area contributed by atoms with Crippen molar-refractivity contribution < 1.29 is 14.6 Å². The summed E-state index contributed by atoms with van der Waals surface area (Å²) in [5.74, 6) is -0.385. The van der Waals surface area contributed by atoms with Gasteiger partial charge in [-0.15, -0.1) is 0 Å². The molecule has 1 aliphatic heterocycles. The van der Waals surface area contributed by atoms with Gasteiger partial charge in [0.05, 0.1) is 5.56 Å². The first-order chi connectivity index (χ1) is 11.2. The van der Waals surface area contributed by atoms with E-state index in [1.54, 1.807) is 12.1 Å².